The van der Waals surface area contributed by atoms with Crippen molar-refractivity contribution in [3.05, 3.63) is 58.5 Å². The fraction of sp³-hybridized carbons (Fsp3) is 0.231. The van der Waals surface area contributed by atoms with E-state index in [9.17, 15) is 5.11 Å². The molecule has 1 aromatic heterocycles. The van der Waals surface area contributed by atoms with Crippen LogP contribution in [0.1, 0.15) is 23.0 Å². The highest BCUT2D eigenvalue weighted by atomic mass is 35.5. The van der Waals surface area contributed by atoms with E-state index in [2.05, 4.69) is 0 Å². The molecule has 1 atom stereocenters. The van der Waals surface area contributed by atoms with Gasteiger partial charge in [0.1, 0.15) is 5.76 Å². The summed E-state index contributed by atoms with van der Waals surface area (Å²) in [6.07, 6.45) is 1.63. The molecule has 1 unspecified atom stereocenters. The first-order valence-corrected chi connectivity index (χ1v) is 5.50. The standard InChI is InChI=1S/C13H13ClO2/c1-9-6-11(8-16-9)13(15)7-10-2-4-12(14)5-3-10/h2-6,8,13,15H,7H2,1H3. The smallest absolute Gasteiger partial charge is 0.101 e. The van der Waals surface area contributed by atoms with E-state index in [-0.39, 0.29) is 0 Å². The molecule has 1 aromatic carbocycles. The van der Waals surface area contributed by atoms with Gasteiger partial charge < -0.3 is 9.52 Å². The van der Waals surface area contributed by atoms with Crippen molar-refractivity contribution < 1.29 is 9.52 Å². The second-order valence-corrected chi connectivity index (χ2v) is 4.27. The Morgan fingerprint density at radius 3 is 2.56 bits per heavy atom. The molecule has 0 aliphatic carbocycles. The van der Waals surface area contributed by atoms with Gasteiger partial charge in [-0.3, -0.25) is 0 Å². The second kappa shape index (κ2) is 4.73. The molecule has 0 bridgehead atoms. The van der Waals surface area contributed by atoms with Gasteiger partial charge in [-0.1, -0.05) is 23.7 Å². The van der Waals surface area contributed by atoms with E-state index < -0.39 is 6.10 Å². The number of aliphatic hydroxyl groups is 1. The molecule has 1 heterocycles. The molecule has 2 aromatic rings. The number of aliphatic hydroxyl groups excluding tert-OH is 1. The first-order chi connectivity index (χ1) is 7.65. The van der Waals surface area contributed by atoms with Crippen molar-refractivity contribution >= 4 is 11.6 Å². The SMILES string of the molecule is Cc1cc(C(O)Cc2ccc(Cl)cc2)co1. The van der Waals surface area contributed by atoms with Gasteiger partial charge in [0.25, 0.3) is 0 Å². The number of halogens is 1. The summed E-state index contributed by atoms with van der Waals surface area (Å²) in [6, 6.07) is 9.33. The maximum absolute atomic E-state index is 9.96. The lowest BCUT2D eigenvalue weighted by Crippen LogP contribution is -2.00. The molecule has 0 fully saturated rings. The highest BCUT2D eigenvalue weighted by Gasteiger charge is 2.10. The molecule has 2 rings (SSSR count). The van der Waals surface area contributed by atoms with Crippen molar-refractivity contribution in [1.29, 1.82) is 0 Å². The first kappa shape index (κ1) is 11.2. The summed E-state index contributed by atoms with van der Waals surface area (Å²) in [5, 5.41) is 10.7. The Bertz CT molecular complexity index is 459. The minimum Gasteiger partial charge on any atom is -0.469 e. The molecule has 0 aliphatic heterocycles. The molecule has 0 radical (unpaired) electrons. The fourth-order valence-electron chi connectivity index (χ4n) is 1.60. The Hall–Kier alpha value is -1.25. The predicted octanol–water partition coefficient (Wildman–Crippen LogP) is 3.52. The largest absolute Gasteiger partial charge is 0.469 e. The lowest BCUT2D eigenvalue weighted by atomic mass is 10.0. The Morgan fingerprint density at radius 2 is 2.00 bits per heavy atom. The van der Waals surface area contributed by atoms with Crippen LogP contribution < -0.4 is 0 Å². The summed E-state index contributed by atoms with van der Waals surface area (Å²) in [4.78, 5) is 0. The third-order valence-corrected chi connectivity index (χ3v) is 2.73. The number of rotatable bonds is 3. The lowest BCUT2D eigenvalue weighted by Gasteiger charge is -2.08. The maximum atomic E-state index is 9.96. The van der Waals surface area contributed by atoms with Crippen molar-refractivity contribution in [3.8, 4) is 0 Å². The van der Waals surface area contributed by atoms with E-state index in [1.807, 2.05) is 37.3 Å². The topological polar surface area (TPSA) is 33.4 Å². The van der Waals surface area contributed by atoms with Crippen LogP contribution in [-0.4, -0.2) is 5.11 Å². The summed E-state index contributed by atoms with van der Waals surface area (Å²) < 4.78 is 5.16. The van der Waals surface area contributed by atoms with E-state index in [0.717, 1.165) is 16.9 Å². The van der Waals surface area contributed by atoms with E-state index >= 15 is 0 Å². The van der Waals surface area contributed by atoms with Gasteiger partial charge in [-0.05, 0) is 30.7 Å². The minimum absolute atomic E-state index is 0.529. The number of benzene rings is 1. The molecule has 3 heteroatoms. The summed E-state index contributed by atoms with van der Waals surface area (Å²) in [7, 11) is 0. The van der Waals surface area contributed by atoms with Crippen LogP contribution in [0.15, 0.2) is 41.0 Å². The predicted molar refractivity (Wildman–Crippen MR) is 63.6 cm³/mol. The van der Waals surface area contributed by atoms with E-state index in [1.165, 1.54) is 0 Å². The van der Waals surface area contributed by atoms with Crippen LogP contribution in [0.2, 0.25) is 5.02 Å². The summed E-state index contributed by atoms with van der Waals surface area (Å²) in [5.74, 6) is 0.810. The normalized spacial score (nSPS) is 12.7. The monoisotopic (exact) mass is 236 g/mol. The van der Waals surface area contributed by atoms with Gasteiger partial charge in [0.2, 0.25) is 0 Å². The second-order valence-electron chi connectivity index (χ2n) is 3.84. The number of hydrogen-bond acceptors (Lipinski definition) is 2. The van der Waals surface area contributed by atoms with Crippen LogP contribution in [0.5, 0.6) is 0 Å². The summed E-state index contributed by atoms with van der Waals surface area (Å²) in [6.45, 7) is 1.86. The molecule has 0 amide bonds. The highest BCUT2D eigenvalue weighted by molar-refractivity contribution is 6.30. The van der Waals surface area contributed by atoms with Gasteiger partial charge in [0, 0.05) is 17.0 Å². The molecule has 84 valence electrons. The first-order valence-electron chi connectivity index (χ1n) is 5.12. The third-order valence-electron chi connectivity index (χ3n) is 2.48. The zero-order valence-corrected chi connectivity index (χ0v) is 9.74. The van der Waals surface area contributed by atoms with Gasteiger partial charge in [-0.25, -0.2) is 0 Å². The minimum atomic E-state index is -0.529. The highest BCUT2D eigenvalue weighted by Crippen LogP contribution is 2.21. The third kappa shape index (κ3) is 2.65. The van der Waals surface area contributed by atoms with E-state index in [0.29, 0.717) is 11.4 Å². The number of furan rings is 1. The van der Waals surface area contributed by atoms with E-state index in [4.69, 9.17) is 16.0 Å². The molecule has 2 nitrogen and oxygen atoms in total. The van der Waals surface area contributed by atoms with Crippen LogP contribution in [0.25, 0.3) is 0 Å². The molecule has 16 heavy (non-hydrogen) atoms. The summed E-state index contributed by atoms with van der Waals surface area (Å²) in [5.41, 5.74) is 1.86. The van der Waals surface area contributed by atoms with Crippen LogP contribution in [-0.2, 0) is 6.42 Å². The van der Waals surface area contributed by atoms with Crippen LogP contribution >= 0.6 is 11.6 Å². The van der Waals surface area contributed by atoms with E-state index in [1.54, 1.807) is 6.26 Å². The Balaban J connectivity index is 2.07. The Morgan fingerprint density at radius 1 is 1.31 bits per heavy atom. The lowest BCUT2D eigenvalue weighted by molar-refractivity contribution is 0.177. The van der Waals surface area contributed by atoms with Crippen molar-refractivity contribution in [2.75, 3.05) is 0 Å². The zero-order chi connectivity index (χ0) is 11.5. The Labute approximate surface area is 99.5 Å². The van der Waals surface area contributed by atoms with Gasteiger partial charge in [-0.15, -0.1) is 0 Å². The van der Waals surface area contributed by atoms with Crippen LogP contribution in [0.3, 0.4) is 0 Å². The summed E-state index contributed by atoms with van der Waals surface area (Å²) >= 11 is 5.79. The molecule has 0 aliphatic rings. The van der Waals surface area contributed by atoms with Gasteiger partial charge in [0.15, 0.2) is 0 Å². The quantitative estimate of drug-likeness (QED) is 0.885. The van der Waals surface area contributed by atoms with Crippen molar-refractivity contribution in [1.82, 2.24) is 0 Å². The Kier molecular flexibility index (Phi) is 3.32. The maximum Gasteiger partial charge on any atom is 0.101 e. The number of hydrogen-bond donors (Lipinski definition) is 1. The molecule has 1 N–H and O–H groups in total. The number of aryl methyl sites for hydroxylation is 1. The van der Waals surface area contributed by atoms with Crippen molar-refractivity contribution in [2.45, 2.75) is 19.4 Å². The average molecular weight is 237 g/mol. The molecular formula is C13H13ClO2. The molecular weight excluding hydrogens is 224 g/mol. The average Bonchev–Trinajstić information content (AvgIpc) is 2.68. The van der Waals surface area contributed by atoms with Crippen LogP contribution in [0.4, 0.5) is 0 Å². The van der Waals surface area contributed by atoms with Crippen molar-refractivity contribution in [3.63, 3.8) is 0 Å². The van der Waals surface area contributed by atoms with Gasteiger partial charge in [-0.2, -0.15) is 0 Å². The van der Waals surface area contributed by atoms with Crippen LogP contribution in [0, 0.1) is 6.92 Å². The molecule has 0 spiro atoms. The molecule has 0 saturated carbocycles. The molecule has 0 saturated heterocycles. The fourth-order valence-corrected chi connectivity index (χ4v) is 1.73. The zero-order valence-electron chi connectivity index (χ0n) is 8.98. The van der Waals surface area contributed by atoms with Gasteiger partial charge in [0.05, 0.1) is 12.4 Å². The van der Waals surface area contributed by atoms with Gasteiger partial charge >= 0.3 is 0 Å². The van der Waals surface area contributed by atoms with Crippen molar-refractivity contribution in [2.24, 2.45) is 0 Å².